The van der Waals surface area contributed by atoms with E-state index < -0.39 is 0 Å². The van der Waals surface area contributed by atoms with Crippen molar-refractivity contribution in [2.75, 3.05) is 12.4 Å². The number of aryl methyl sites for hydroxylation is 1. The number of nitrogens with one attached hydrogen (secondary N) is 1. The van der Waals surface area contributed by atoms with Crippen molar-refractivity contribution in [3.05, 3.63) is 41.1 Å². The van der Waals surface area contributed by atoms with Gasteiger partial charge in [-0.2, -0.15) is 5.10 Å². The molecule has 132 valence electrons. The molecule has 1 amide bonds. The van der Waals surface area contributed by atoms with E-state index in [9.17, 15) is 9.59 Å². The molecule has 0 unspecified atom stereocenters. The number of carbonyl (C=O) groups excluding carboxylic acids is 1. The lowest BCUT2D eigenvalue weighted by atomic mass is 10.3. The quantitative estimate of drug-likeness (QED) is 0.582. The number of amides is 1. The Morgan fingerprint density at radius 3 is 3.04 bits per heavy atom. The van der Waals surface area contributed by atoms with Crippen LogP contribution >= 0.6 is 11.3 Å². The third kappa shape index (κ3) is 2.80. The maximum atomic E-state index is 12.4. The SMILES string of the molecule is COc1ccc2nc(NC(=O)Cn3cnc4c(cnn4C)c3=O)sc2c1. The van der Waals surface area contributed by atoms with Crippen molar-refractivity contribution in [3.63, 3.8) is 0 Å². The van der Waals surface area contributed by atoms with Crippen molar-refractivity contribution in [1.82, 2.24) is 24.3 Å². The first-order valence-corrected chi connectivity index (χ1v) is 8.48. The normalized spacial score (nSPS) is 11.2. The summed E-state index contributed by atoms with van der Waals surface area (Å²) in [7, 11) is 3.30. The van der Waals surface area contributed by atoms with Gasteiger partial charge in [0.05, 0.1) is 23.5 Å². The standard InChI is InChI=1S/C16H14N6O3S/c1-21-14-10(6-18-21)15(24)22(8-17-14)7-13(23)20-16-19-11-4-3-9(25-2)5-12(11)26-16/h3-6,8H,7H2,1-2H3,(H,19,20,23). The number of aromatic nitrogens is 5. The van der Waals surface area contributed by atoms with Crippen molar-refractivity contribution < 1.29 is 9.53 Å². The Labute approximate surface area is 150 Å². The molecule has 0 aliphatic rings. The predicted molar refractivity (Wildman–Crippen MR) is 97.6 cm³/mol. The second kappa shape index (κ2) is 6.23. The van der Waals surface area contributed by atoms with Crippen LogP contribution in [0.3, 0.4) is 0 Å². The van der Waals surface area contributed by atoms with Crippen molar-refractivity contribution in [2.45, 2.75) is 6.54 Å². The third-order valence-corrected chi connectivity index (χ3v) is 4.81. The molecule has 0 bridgehead atoms. The van der Waals surface area contributed by atoms with Crippen molar-refractivity contribution in [3.8, 4) is 5.75 Å². The Bertz CT molecular complexity index is 1190. The molecule has 26 heavy (non-hydrogen) atoms. The van der Waals surface area contributed by atoms with Crippen LogP contribution in [0.5, 0.6) is 5.75 Å². The van der Waals surface area contributed by atoms with Crippen LogP contribution in [-0.2, 0) is 18.4 Å². The molecule has 0 saturated carbocycles. The number of hydrogen-bond acceptors (Lipinski definition) is 7. The predicted octanol–water partition coefficient (Wildman–Crippen LogP) is 1.39. The Hall–Kier alpha value is -3.27. The summed E-state index contributed by atoms with van der Waals surface area (Å²) in [6, 6.07) is 5.49. The highest BCUT2D eigenvalue weighted by molar-refractivity contribution is 7.22. The van der Waals surface area contributed by atoms with Gasteiger partial charge in [-0.15, -0.1) is 0 Å². The smallest absolute Gasteiger partial charge is 0.264 e. The van der Waals surface area contributed by atoms with Gasteiger partial charge in [0.15, 0.2) is 10.8 Å². The lowest BCUT2D eigenvalue weighted by molar-refractivity contribution is -0.116. The zero-order chi connectivity index (χ0) is 18.3. The zero-order valence-corrected chi connectivity index (χ0v) is 14.8. The van der Waals surface area contributed by atoms with Crippen LogP contribution in [0.2, 0.25) is 0 Å². The van der Waals surface area contributed by atoms with Crippen LogP contribution in [0.15, 0.2) is 35.5 Å². The van der Waals surface area contributed by atoms with Gasteiger partial charge in [0.2, 0.25) is 5.91 Å². The molecule has 0 atom stereocenters. The summed E-state index contributed by atoms with van der Waals surface area (Å²) in [4.78, 5) is 33.2. The number of benzene rings is 1. The van der Waals surface area contributed by atoms with Crippen molar-refractivity contribution in [2.24, 2.45) is 7.05 Å². The number of thiazole rings is 1. The van der Waals surface area contributed by atoms with Gasteiger partial charge in [-0.25, -0.2) is 9.97 Å². The third-order valence-electron chi connectivity index (χ3n) is 3.87. The molecule has 0 aliphatic heterocycles. The Morgan fingerprint density at radius 2 is 2.23 bits per heavy atom. The molecule has 0 spiro atoms. The summed E-state index contributed by atoms with van der Waals surface area (Å²) in [6.45, 7) is -0.157. The van der Waals surface area contributed by atoms with Crippen LogP contribution in [0.4, 0.5) is 5.13 Å². The maximum Gasteiger partial charge on any atom is 0.264 e. The number of fused-ring (bicyclic) bond motifs is 2. The number of ether oxygens (including phenoxy) is 1. The number of rotatable bonds is 4. The second-order valence-electron chi connectivity index (χ2n) is 5.58. The summed E-state index contributed by atoms with van der Waals surface area (Å²) in [5.74, 6) is 0.365. The van der Waals surface area contributed by atoms with E-state index in [1.807, 2.05) is 18.2 Å². The molecule has 3 aromatic heterocycles. The van der Waals surface area contributed by atoms with Gasteiger partial charge in [0, 0.05) is 7.05 Å². The largest absolute Gasteiger partial charge is 0.497 e. The molecule has 9 nitrogen and oxygen atoms in total. The number of hydrogen-bond donors (Lipinski definition) is 1. The maximum absolute atomic E-state index is 12.4. The van der Waals surface area contributed by atoms with Gasteiger partial charge in [-0.3, -0.25) is 18.8 Å². The van der Waals surface area contributed by atoms with Gasteiger partial charge in [0.1, 0.15) is 24.0 Å². The number of methoxy groups -OCH3 is 1. The van der Waals surface area contributed by atoms with Crippen LogP contribution in [0.25, 0.3) is 21.3 Å². The monoisotopic (exact) mass is 370 g/mol. The molecule has 0 saturated heterocycles. The molecule has 0 fully saturated rings. The fourth-order valence-electron chi connectivity index (χ4n) is 2.58. The number of carbonyl (C=O) groups is 1. The Kier molecular flexibility index (Phi) is 3.88. The zero-order valence-electron chi connectivity index (χ0n) is 14.0. The highest BCUT2D eigenvalue weighted by Gasteiger charge is 2.13. The van der Waals surface area contributed by atoms with E-state index in [0.717, 1.165) is 16.0 Å². The summed E-state index contributed by atoms with van der Waals surface area (Å²) >= 11 is 1.34. The Balaban J connectivity index is 1.55. The molecular formula is C16H14N6O3S. The van der Waals surface area contributed by atoms with Gasteiger partial charge in [-0.05, 0) is 18.2 Å². The topological polar surface area (TPSA) is 104 Å². The van der Waals surface area contributed by atoms with Crippen molar-refractivity contribution in [1.29, 1.82) is 0 Å². The van der Waals surface area contributed by atoms with Crippen molar-refractivity contribution >= 4 is 43.6 Å². The Morgan fingerprint density at radius 1 is 1.38 bits per heavy atom. The molecular weight excluding hydrogens is 356 g/mol. The summed E-state index contributed by atoms with van der Waals surface area (Å²) in [5.41, 5.74) is 0.931. The first-order valence-electron chi connectivity index (χ1n) is 7.67. The molecule has 1 aromatic carbocycles. The highest BCUT2D eigenvalue weighted by atomic mass is 32.1. The van der Waals surface area contributed by atoms with Gasteiger partial charge in [-0.1, -0.05) is 11.3 Å². The second-order valence-corrected chi connectivity index (χ2v) is 6.61. The summed E-state index contributed by atoms with van der Waals surface area (Å²) in [6.07, 6.45) is 2.79. The van der Waals surface area contributed by atoms with Crippen LogP contribution in [-0.4, -0.2) is 37.3 Å². The lowest BCUT2D eigenvalue weighted by Crippen LogP contribution is -2.27. The minimum atomic E-state index is -0.358. The van der Waals surface area contributed by atoms with Gasteiger partial charge >= 0.3 is 0 Å². The molecule has 4 rings (SSSR count). The van der Waals surface area contributed by atoms with E-state index >= 15 is 0 Å². The fourth-order valence-corrected chi connectivity index (χ4v) is 3.49. The van der Waals surface area contributed by atoms with E-state index in [1.54, 1.807) is 14.2 Å². The highest BCUT2D eigenvalue weighted by Crippen LogP contribution is 2.29. The fraction of sp³-hybridized carbons (Fsp3) is 0.188. The summed E-state index contributed by atoms with van der Waals surface area (Å²) in [5, 5.41) is 7.55. The molecule has 3 heterocycles. The average molecular weight is 370 g/mol. The summed E-state index contributed by atoms with van der Waals surface area (Å²) < 4.78 is 8.84. The average Bonchev–Trinajstić information content (AvgIpc) is 3.20. The molecule has 1 N–H and O–H groups in total. The van der Waals surface area contributed by atoms with E-state index in [0.29, 0.717) is 16.2 Å². The number of nitrogens with zero attached hydrogens (tertiary/aromatic N) is 5. The minimum Gasteiger partial charge on any atom is -0.497 e. The lowest BCUT2D eigenvalue weighted by Gasteiger charge is -2.05. The van der Waals surface area contributed by atoms with Crippen LogP contribution in [0, 0.1) is 0 Å². The first-order chi connectivity index (χ1) is 12.5. The molecule has 0 aliphatic carbocycles. The first kappa shape index (κ1) is 16.2. The molecule has 4 aromatic rings. The number of anilines is 1. The van der Waals surface area contributed by atoms with E-state index in [1.165, 1.54) is 33.1 Å². The van der Waals surface area contributed by atoms with Crippen LogP contribution in [0.1, 0.15) is 0 Å². The van der Waals surface area contributed by atoms with Crippen LogP contribution < -0.4 is 15.6 Å². The molecule has 0 radical (unpaired) electrons. The van der Waals surface area contributed by atoms with E-state index in [4.69, 9.17) is 4.74 Å². The minimum absolute atomic E-state index is 0.157. The van der Waals surface area contributed by atoms with Gasteiger partial charge in [0.25, 0.3) is 5.56 Å². The van der Waals surface area contributed by atoms with E-state index in [-0.39, 0.29) is 18.0 Å². The van der Waals surface area contributed by atoms with E-state index in [2.05, 4.69) is 20.4 Å². The van der Waals surface area contributed by atoms with Gasteiger partial charge < -0.3 is 10.1 Å². The molecule has 10 heteroatoms.